The van der Waals surface area contributed by atoms with E-state index in [2.05, 4.69) is 9.97 Å². The smallest absolute Gasteiger partial charge is 0.134 e. The van der Waals surface area contributed by atoms with Crippen molar-refractivity contribution in [3.63, 3.8) is 0 Å². The summed E-state index contributed by atoms with van der Waals surface area (Å²) in [6.07, 6.45) is 0.747. The van der Waals surface area contributed by atoms with E-state index in [0.29, 0.717) is 17.1 Å². The van der Waals surface area contributed by atoms with Gasteiger partial charge in [-0.2, -0.15) is 0 Å². The fraction of sp³-hybridized carbons (Fsp3) is 0.333. The van der Waals surface area contributed by atoms with E-state index in [0.717, 1.165) is 12.1 Å². The van der Waals surface area contributed by atoms with E-state index in [4.69, 9.17) is 0 Å². The predicted octanol–water partition coefficient (Wildman–Crippen LogP) is 3.08. The van der Waals surface area contributed by atoms with Crippen molar-refractivity contribution in [3.8, 4) is 11.3 Å². The normalized spacial score (nSPS) is 12.4. The summed E-state index contributed by atoms with van der Waals surface area (Å²) >= 11 is 0. The summed E-state index contributed by atoms with van der Waals surface area (Å²) in [7, 11) is 0. The van der Waals surface area contributed by atoms with E-state index >= 15 is 0 Å². The third-order valence-electron chi connectivity index (χ3n) is 3.10. The number of halogens is 1. The summed E-state index contributed by atoms with van der Waals surface area (Å²) in [6.45, 7) is 3.81. The van der Waals surface area contributed by atoms with Crippen LogP contribution in [0.4, 0.5) is 4.39 Å². The molecule has 2 aromatic rings. The van der Waals surface area contributed by atoms with E-state index in [9.17, 15) is 9.50 Å². The van der Waals surface area contributed by atoms with Crippen molar-refractivity contribution in [1.82, 2.24) is 9.97 Å². The average Bonchev–Trinajstić information content (AvgIpc) is 2.40. The van der Waals surface area contributed by atoms with E-state index in [1.165, 1.54) is 6.07 Å². The molecule has 0 saturated heterocycles. The maximum absolute atomic E-state index is 13.8. The Balaban J connectivity index is 2.51. The summed E-state index contributed by atoms with van der Waals surface area (Å²) in [5.41, 5.74) is 1.80. The number of hydrogen-bond donors (Lipinski definition) is 1. The number of aromatic nitrogens is 2. The van der Waals surface area contributed by atoms with Crippen molar-refractivity contribution in [2.75, 3.05) is 6.61 Å². The first-order valence-corrected chi connectivity index (χ1v) is 6.37. The molecular weight excluding hydrogens is 243 g/mol. The van der Waals surface area contributed by atoms with Gasteiger partial charge in [-0.25, -0.2) is 14.4 Å². The van der Waals surface area contributed by atoms with Gasteiger partial charge >= 0.3 is 0 Å². The van der Waals surface area contributed by atoms with E-state index in [1.807, 2.05) is 13.8 Å². The molecule has 1 aromatic carbocycles. The molecule has 0 aliphatic heterocycles. The number of aliphatic hydroxyl groups excluding tert-OH is 1. The molecule has 100 valence electrons. The van der Waals surface area contributed by atoms with Gasteiger partial charge in [0.1, 0.15) is 11.6 Å². The highest BCUT2D eigenvalue weighted by molar-refractivity contribution is 5.60. The van der Waals surface area contributed by atoms with Gasteiger partial charge in [0.05, 0.1) is 12.3 Å². The Labute approximate surface area is 112 Å². The van der Waals surface area contributed by atoms with Crippen molar-refractivity contribution in [1.29, 1.82) is 0 Å². The Morgan fingerprint density at radius 2 is 2.00 bits per heavy atom. The molecule has 3 nitrogen and oxygen atoms in total. The average molecular weight is 260 g/mol. The highest BCUT2D eigenvalue weighted by Gasteiger charge is 2.14. The van der Waals surface area contributed by atoms with Gasteiger partial charge in [0.25, 0.3) is 0 Å². The van der Waals surface area contributed by atoms with Crippen LogP contribution in [0, 0.1) is 12.7 Å². The molecular formula is C15H17FN2O. The van der Waals surface area contributed by atoms with Crippen LogP contribution >= 0.6 is 0 Å². The Hall–Kier alpha value is -1.81. The summed E-state index contributed by atoms with van der Waals surface area (Å²) in [5.74, 6) is 0.164. The standard InChI is InChI=1S/C15H17FN2O/c1-3-11(9-19)15-17-10(2)8-14(18-15)12-6-4-5-7-13(12)16/h4-8,11,19H,3,9H2,1-2H3. The molecule has 0 bridgehead atoms. The molecule has 0 aliphatic rings. The van der Waals surface area contributed by atoms with Gasteiger partial charge in [0, 0.05) is 17.2 Å². The molecule has 2 rings (SSSR count). The Morgan fingerprint density at radius 1 is 1.26 bits per heavy atom. The Kier molecular flexibility index (Phi) is 4.22. The molecule has 19 heavy (non-hydrogen) atoms. The molecule has 1 heterocycles. The van der Waals surface area contributed by atoms with Crippen LogP contribution in [-0.2, 0) is 0 Å². The molecule has 1 N–H and O–H groups in total. The number of aryl methyl sites for hydroxylation is 1. The van der Waals surface area contributed by atoms with Gasteiger partial charge in [-0.3, -0.25) is 0 Å². The van der Waals surface area contributed by atoms with E-state index in [1.54, 1.807) is 24.3 Å². The molecule has 0 aliphatic carbocycles. The number of aliphatic hydroxyl groups is 1. The second-order valence-electron chi connectivity index (χ2n) is 4.52. The molecule has 4 heteroatoms. The van der Waals surface area contributed by atoms with Crippen LogP contribution in [0.5, 0.6) is 0 Å². The number of benzene rings is 1. The minimum atomic E-state index is -0.302. The molecule has 1 atom stereocenters. The van der Waals surface area contributed by atoms with Crippen molar-refractivity contribution in [3.05, 3.63) is 47.7 Å². The zero-order chi connectivity index (χ0) is 13.8. The highest BCUT2D eigenvalue weighted by atomic mass is 19.1. The van der Waals surface area contributed by atoms with Gasteiger partial charge in [-0.15, -0.1) is 0 Å². The van der Waals surface area contributed by atoms with Crippen LogP contribution in [0.25, 0.3) is 11.3 Å². The predicted molar refractivity (Wildman–Crippen MR) is 72.3 cm³/mol. The molecule has 1 aromatic heterocycles. The first-order chi connectivity index (χ1) is 9.15. The van der Waals surface area contributed by atoms with Crippen molar-refractivity contribution in [2.24, 2.45) is 0 Å². The topological polar surface area (TPSA) is 46.0 Å². The SMILES string of the molecule is CCC(CO)c1nc(C)cc(-c2ccccc2F)n1. The number of hydrogen-bond acceptors (Lipinski definition) is 3. The van der Waals surface area contributed by atoms with Gasteiger partial charge in [0.2, 0.25) is 0 Å². The molecule has 0 fully saturated rings. The Bertz CT molecular complexity index is 568. The monoisotopic (exact) mass is 260 g/mol. The van der Waals surface area contributed by atoms with Gasteiger partial charge in [-0.05, 0) is 31.5 Å². The summed E-state index contributed by atoms with van der Waals surface area (Å²) < 4.78 is 13.8. The van der Waals surface area contributed by atoms with Crippen molar-refractivity contribution in [2.45, 2.75) is 26.2 Å². The van der Waals surface area contributed by atoms with Crippen LogP contribution in [0.1, 0.15) is 30.8 Å². The molecule has 0 saturated carbocycles. The summed E-state index contributed by atoms with van der Waals surface area (Å²) in [4.78, 5) is 8.73. The summed E-state index contributed by atoms with van der Waals surface area (Å²) in [5, 5.41) is 9.33. The van der Waals surface area contributed by atoms with Gasteiger partial charge in [-0.1, -0.05) is 19.1 Å². The molecule has 0 amide bonds. The summed E-state index contributed by atoms with van der Waals surface area (Å²) in [6, 6.07) is 8.29. The van der Waals surface area contributed by atoms with Crippen molar-refractivity contribution >= 4 is 0 Å². The first-order valence-electron chi connectivity index (χ1n) is 6.37. The fourth-order valence-corrected chi connectivity index (χ4v) is 1.97. The first kappa shape index (κ1) is 13.6. The maximum atomic E-state index is 13.8. The van der Waals surface area contributed by atoms with E-state index in [-0.39, 0.29) is 18.3 Å². The third-order valence-corrected chi connectivity index (χ3v) is 3.10. The second-order valence-corrected chi connectivity index (χ2v) is 4.52. The minimum absolute atomic E-state index is 0.00331. The van der Waals surface area contributed by atoms with Gasteiger partial charge in [0.15, 0.2) is 0 Å². The lowest BCUT2D eigenvalue weighted by Crippen LogP contribution is -2.09. The highest BCUT2D eigenvalue weighted by Crippen LogP contribution is 2.24. The lowest BCUT2D eigenvalue weighted by Gasteiger charge is -2.12. The quantitative estimate of drug-likeness (QED) is 0.919. The van der Waals surface area contributed by atoms with Crippen LogP contribution in [0.15, 0.2) is 30.3 Å². The molecule has 1 unspecified atom stereocenters. The zero-order valence-corrected chi connectivity index (χ0v) is 11.1. The lowest BCUT2D eigenvalue weighted by atomic mass is 10.1. The second kappa shape index (κ2) is 5.89. The molecule has 0 spiro atoms. The largest absolute Gasteiger partial charge is 0.396 e. The van der Waals surface area contributed by atoms with Crippen LogP contribution in [-0.4, -0.2) is 21.7 Å². The maximum Gasteiger partial charge on any atom is 0.134 e. The van der Waals surface area contributed by atoms with Crippen LogP contribution < -0.4 is 0 Å². The zero-order valence-electron chi connectivity index (χ0n) is 11.1. The van der Waals surface area contributed by atoms with Gasteiger partial charge < -0.3 is 5.11 Å². The third kappa shape index (κ3) is 2.96. The van der Waals surface area contributed by atoms with Crippen LogP contribution in [0.3, 0.4) is 0 Å². The molecule has 0 radical (unpaired) electrons. The van der Waals surface area contributed by atoms with Crippen molar-refractivity contribution < 1.29 is 9.50 Å². The number of rotatable bonds is 4. The van der Waals surface area contributed by atoms with Crippen LogP contribution in [0.2, 0.25) is 0 Å². The fourth-order valence-electron chi connectivity index (χ4n) is 1.97. The Morgan fingerprint density at radius 3 is 2.63 bits per heavy atom. The lowest BCUT2D eigenvalue weighted by molar-refractivity contribution is 0.257. The van der Waals surface area contributed by atoms with E-state index < -0.39 is 0 Å². The minimum Gasteiger partial charge on any atom is -0.396 e. The number of nitrogens with zero attached hydrogens (tertiary/aromatic N) is 2.